The minimum atomic E-state index is 0.351. The molecular formula is C11H24O2. The molecule has 0 aliphatic heterocycles. The molecule has 1 atom stereocenters. The third kappa shape index (κ3) is 5.27. The zero-order valence-electron chi connectivity index (χ0n) is 9.63. The first-order valence-corrected chi connectivity index (χ1v) is 5.16. The Balaban J connectivity index is 3.97. The van der Waals surface area contributed by atoms with Crippen LogP contribution in [0, 0.1) is 17.3 Å². The second-order valence-electron chi connectivity index (χ2n) is 5.19. The van der Waals surface area contributed by atoms with E-state index in [2.05, 4.69) is 39.5 Å². The van der Waals surface area contributed by atoms with Crippen LogP contribution in [0.4, 0.5) is 0 Å². The normalized spacial score (nSPS) is 15.0. The van der Waals surface area contributed by atoms with Crippen molar-refractivity contribution in [2.75, 3.05) is 6.61 Å². The molecule has 0 fully saturated rings. The highest BCUT2D eigenvalue weighted by Gasteiger charge is 2.26. The van der Waals surface area contributed by atoms with E-state index in [1.54, 1.807) is 0 Å². The van der Waals surface area contributed by atoms with Gasteiger partial charge in [-0.15, -0.1) is 0 Å². The highest BCUT2D eigenvalue weighted by Crippen LogP contribution is 2.35. The Kier molecular flexibility index (Phi) is 5.57. The fourth-order valence-electron chi connectivity index (χ4n) is 2.13. The minimum Gasteiger partial charge on any atom is -0.252 e. The monoisotopic (exact) mass is 188 g/mol. The van der Waals surface area contributed by atoms with Crippen LogP contribution in [0.15, 0.2) is 0 Å². The number of hydrogen-bond donors (Lipinski definition) is 1. The topological polar surface area (TPSA) is 29.5 Å². The Bertz CT molecular complexity index is 125. The zero-order chi connectivity index (χ0) is 10.5. The van der Waals surface area contributed by atoms with Gasteiger partial charge in [0.2, 0.25) is 0 Å². The molecule has 0 aromatic rings. The number of rotatable bonds is 5. The molecule has 0 rings (SSSR count). The summed E-state index contributed by atoms with van der Waals surface area (Å²) in [5.74, 6) is 1.39. The molecule has 0 saturated heterocycles. The van der Waals surface area contributed by atoms with Crippen molar-refractivity contribution >= 4 is 0 Å². The smallest absolute Gasteiger partial charge is 0.0819 e. The van der Waals surface area contributed by atoms with E-state index in [9.17, 15) is 0 Å². The molecule has 13 heavy (non-hydrogen) atoms. The molecule has 0 saturated carbocycles. The molecule has 0 spiro atoms. The van der Waals surface area contributed by atoms with Gasteiger partial charge in [-0.3, -0.25) is 5.26 Å². The molecule has 80 valence electrons. The molecule has 0 aromatic heterocycles. The molecule has 1 unspecified atom stereocenters. The van der Waals surface area contributed by atoms with Crippen molar-refractivity contribution in [1.29, 1.82) is 0 Å². The lowest BCUT2D eigenvalue weighted by Crippen LogP contribution is -2.25. The van der Waals surface area contributed by atoms with Crippen LogP contribution in [-0.4, -0.2) is 11.9 Å². The molecule has 0 heterocycles. The van der Waals surface area contributed by atoms with Crippen molar-refractivity contribution in [2.45, 2.75) is 47.5 Å². The van der Waals surface area contributed by atoms with Gasteiger partial charge in [-0.25, -0.2) is 4.89 Å². The van der Waals surface area contributed by atoms with Gasteiger partial charge in [0.25, 0.3) is 0 Å². The molecule has 0 amide bonds. The predicted molar refractivity (Wildman–Crippen MR) is 55.6 cm³/mol. The van der Waals surface area contributed by atoms with Gasteiger partial charge in [-0.1, -0.05) is 34.6 Å². The van der Waals surface area contributed by atoms with Gasteiger partial charge in [-0.05, 0) is 30.1 Å². The Hall–Kier alpha value is -0.0800. The zero-order valence-corrected chi connectivity index (χ0v) is 9.63. The second kappa shape index (κ2) is 5.61. The van der Waals surface area contributed by atoms with E-state index < -0.39 is 0 Å². The van der Waals surface area contributed by atoms with Crippen LogP contribution in [0.1, 0.15) is 47.5 Å². The predicted octanol–water partition coefficient (Wildman–Crippen LogP) is 3.57. The summed E-state index contributed by atoms with van der Waals surface area (Å²) >= 11 is 0. The highest BCUT2D eigenvalue weighted by atomic mass is 17.1. The summed E-state index contributed by atoms with van der Waals surface area (Å²) in [6.07, 6.45) is 2.07. The Labute approximate surface area is 82.2 Å². The van der Waals surface area contributed by atoms with Gasteiger partial charge in [-0.2, -0.15) is 0 Å². The first kappa shape index (κ1) is 12.9. The van der Waals surface area contributed by atoms with Gasteiger partial charge in [0.15, 0.2) is 0 Å². The highest BCUT2D eigenvalue weighted by molar-refractivity contribution is 4.76. The van der Waals surface area contributed by atoms with E-state index in [-0.39, 0.29) is 0 Å². The van der Waals surface area contributed by atoms with Crippen LogP contribution < -0.4 is 0 Å². The van der Waals surface area contributed by atoms with Crippen LogP contribution in [0.3, 0.4) is 0 Å². The summed E-state index contributed by atoms with van der Waals surface area (Å²) in [7, 11) is 0. The van der Waals surface area contributed by atoms with E-state index >= 15 is 0 Å². The van der Waals surface area contributed by atoms with Crippen molar-refractivity contribution < 1.29 is 10.1 Å². The van der Waals surface area contributed by atoms with Crippen molar-refractivity contribution in [3.8, 4) is 0 Å². The lowest BCUT2D eigenvalue weighted by Gasteiger charge is -2.34. The van der Waals surface area contributed by atoms with Crippen molar-refractivity contribution in [3.05, 3.63) is 0 Å². The molecular weight excluding hydrogens is 164 g/mol. The van der Waals surface area contributed by atoms with E-state index in [0.29, 0.717) is 23.9 Å². The Morgan fingerprint density at radius 2 is 1.77 bits per heavy atom. The summed E-state index contributed by atoms with van der Waals surface area (Å²) < 4.78 is 0. The molecule has 0 bridgehead atoms. The maximum atomic E-state index is 8.22. The summed E-state index contributed by atoms with van der Waals surface area (Å²) in [6, 6.07) is 0. The van der Waals surface area contributed by atoms with Crippen LogP contribution in [0.2, 0.25) is 0 Å². The van der Waals surface area contributed by atoms with Gasteiger partial charge in [0, 0.05) is 0 Å². The molecule has 0 aliphatic rings. The molecule has 2 heteroatoms. The molecule has 0 aromatic carbocycles. The maximum absolute atomic E-state index is 8.22. The second-order valence-corrected chi connectivity index (χ2v) is 5.19. The summed E-state index contributed by atoms with van der Waals surface area (Å²) in [6.45, 7) is 11.8. The Morgan fingerprint density at radius 3 is 2.08 bits per heavy atom. The molecule has 2 nitrogen and oxygen atoms in total. The van der Waals surface area contributed by atoms with Gasteiger partial charge in [0.05, 0.1) is 6.61 Å². The average Bonchev–Trinajstić information content (AvgIpc) is 1.94. The summed E-state index contributed by atoms with van der Waals surface area (Å²) in [5, 5.41) is 8.22. The maximum Gasteiger partial charge on any atom is 0.0819 e. The average molecular weight is 188 g/mol. The first-order chi connectivity index (χ1) is 5.89. The summed E-state index contributed by atoms with van der Waals surface area (Å²) in [5.41, 5.74) is 0.351. The first-order valence-electron chi connectivity index (χ1n) is 5.16. The van der Waals surface area contributed by atoms with Crippen LogP contribution in [-0.2, 0) is 4.89 Å². The van der Waals surface area contributed by atoms with E-state index in [1.165, 1.54) is 0 Å². The van der Waals surface area contributed by atoms with Crippen LogP contribution in [0.5, 0.6) is 0 Å². The molecule has 0 aliphatic carbocycles. The van der Waals surface area contributed by atoms with E-state index in [4.69, 9.17) is 5.26 Å². The molecule has 1 N–H and O–H groups in total. The van der Waals surface area contributed by atoms with E-state index in [0.717, 1.165) is 12.8 Å². The summed E-state index contributed by atoms with van der Waals surface area (Å²) in [4.78, 5) is 4.08. The van der Waals surface area contributed by atoms with Crippen LogP contribution >= 0.6 is 0 Å². The van der Waals surface area contributed by atoms with Gasteiger partial charge < -0.3 is 0 Å². The van der Waals surface area contributed by atoms with Crippen molar-refractivity contribution in [3.63, 3.8) is 0 Å². The third-order valence-electron chi connectivity index (χ3n) is 2.67. The lowest BCUT2D eigenvalue weighted by atomic mass is 9.72. The number of hydrogen-bond acceptors (Lipinski definition) is 2. The van der Waals surface area contributed by atoms with Crippen molar-refractivity contribution in [2.24, 2.45) is 17.3 Å². The third-order valence-corrected chi connectivity index (χ3v) is 2.67. The fourth-order valence-corrected chi connectivity index (χ4v) is 2.13. The fraction of sp³-hybridized carbons (Fsp3) is 1.00. The quantitative estimate of drug-likeness (QED) is 0.406. The van der Waals surface area contributed by atoms with Gasteiger partial charge in [0.1, 0.15) is 0 Å². The Morgan fingerprint density at radius 1 is 1.23 bits per heavy atom. The van der Waals surface area contributed by atoms with E-state index in [1.807, 2.05) is 0 Å². The minimum absolute atomic E-state index is 0.351. The van der Waals surface area contributed by atoms with Crippen molar-refractivity contribution in [1.82, 2.24) is 0 Å². The van der Waals surface area contributed by atoms with Crippen LogP contribution in [0.25, 0.3) is 0 Å². The SMILES string of the molecule is CC(C)C(CCCOO)C(C)(C)C. The molecule has 0 radical (unpaired) electrons. The lowest BCUT2D eigenvalue weighted by molar-refractivity contribution is -0.243. The largest absolute Gasteiger partial charge is 0.252 e. The van der Waals surface area contributed by atoms with Gasteiger partial charge >= 0.3 is 0 Å². The standard InChI is InChI=1S/C11H24O2/c1-9(2)10(11(3,4)5)7-6-8-13-12/h9-10,12H,6-8H2,1-5H3.